The fourth-order valence-corrected chi connectivity index (χ4v) is 3.00. The SMILES string of the molecule is CCC(CN)(Cc1cc(Cl)ccc1OC)c1ccccc1. The third kappa shape index (κ3) is 3.39. The molecular formula is C18H22ClNO. The number of hydrogen-bond donors (Lipinski definition) is 1. The Hall–Kier alpha value is -1.51. The lowest BCUT2D eigenvalue weighted by Gasteiger charge is -2.33. The van der Waals surface area contributed by atoms with Gasteiger partial charge in [0.05, 0.1) is 7.11 Å². The molecule has 0 saturated carbocycles. The van der Waals surface area contributed by atoms with Gasteiger partial charge in [-0.15, -0.1) is 0 Å². The average Bonchev–Trinajstić information content (AvgIpc) is 2.54. The van der Waals surface area contributed by atoms with Crippen LogP contribution in [0.5, 0.6) is 5.75 Å². The van der Waals surface area contributed by atoms with Crippen molar-refractivity contribution in [2.75, 3.05) is 13.7 Å². The minimum atomic E-state index is -0.0980. The monoisotopic (exact) mass is 303 g/mol. The molecule has 0 aliphatic heterocycles. The molecule has 0 aromatic heterocycles. The van der Waals surface area contributed by atoms with Gasteiger partial charge in [0.25, 0.3) is 0 Å². The van der Waals surface area contributed by atoms with Crippen molar-refractivity contribution in [3.05, 3.63) is 64.7 Å². The molecule has 2 aromatic rings. The maximum atomic E-state index is 6.15. The van der Waals surface area contributed by atoms with Gasteiger partial charge in [0.1, 0.15) is 5.75 Å². The van der Waals surface area contributed by atoms with Gasteiger partial charge in [0.15, 0.2) is 0 Å². The molecule has 2 N–H and O–H groups in total. The molecule has 21 heavy (non-hydrogen) atoms. The first kappa shape index (κ1) is 15.9. The highest BCUT2D eigenvalue weighted by Gasteiger charge is 2.30. The minimum absolute atomic E-state index is 0.0980. The van der Waals surface area contributed by atoms with Crippen molar-refractivity contribution >= 4 is 11.6 Å². The van der Waals surface area contributed by atoms with E-state index in [2.05, 4.69) is 31.2 Å². The van der Waals surface area contributed by atoms with E-state index in [1.807, 2.05) is 24.3 Å². The fourth-order valence-electron chi connectivity index (χ4n) is 2.81. The Labute approximate surface area is 131 Å². The molecule has 0 amide bonds. The smallest absolute Gasteiger partial charge is 0.122 e. The van der Waals surface area contributed by atoms with Crippen LogP contribution in [0, 0.1) is 0 Å². The van der Waals surface area contributed by atoms with Gasteiger partial charge in [0.2, 0.25) is 0 Å². The molecular weight excluding hydrogens is 282 g/mol. The molecule has 0 saturated heterocycles. The van der Waals surface area contributed by atoms with E-state index in [4.69, 9.17) is 22.1 Å². The van der Waals surface area contributed by atoms with Crippen molar-refractivity contribution in [1.29, 1.82) is 0 Å². The Morgan fingerprint density at radius 1 is 1.14 bits per heavy atom. The van der Waals surface area contributed by atoms with Crippen LogP contribution in [0.4, 0.5) is 0 Å². The molecule has 3 heteroatoms. The fraction of sp³-hybridized carbons (Fsp3) is 0.333. The predicted molar refractivity (Wildman–Crippen MR) is 89.2 cm³/mol. The topological polar surface area (TPSA) is 35.2 Å². The highest BCUT2D eigenvalue weighted by Crippen LogP contribution is 2.35. The second kappa shape index (κ2) is 6.97. The van der Waals surface area contributed by atoms with Crippen LogP contribution in [-0.2, 0) is 11.8 Å². The molecule has 0 heterocycles. The number of halogens is 1. The molecule has 2 aromatic carbocycles. The second-order valence-corrected chi connectivity index (χ2v) is 5.77. The van der Waals surface area contributed by atoms with Crippen molar-refractivity contribution in [2.45, 2.75) is 25.2 Å². The maximum Gasteiger partial charge on any atom is 0.122 e. The van der Waals surface area contributed by atoms with Crippen molar-refractivity contribution in [2.24, 2.45) is 5.73 Å². The molecule has 0 aliphatic carbocycles. The standard InChI is InChI=1S/C18H22ClNO/c1-3-18(13-20,15-7-5-4-6-8-15)12-14-11-16(19)9-10-17(14)21-2/h4-11H,3,12-13,20H2,1-2H3. The molecule has 2 nitrogen and oxygen atoms in total. The van der Waals surface area contributed by atoms with Crippen molar-refractivity contribution in [3.63, 3.8) is 0 Å². The van der Waals surface area contributed by atoms with Crippen molar-refractivity contribution in [3.8, 4) is 5.75 Å². The number of nitrogens with two attached hydrogens (primary N) is 1. The summed E-state index contributed by atoms with van der Waals surface area (Å²) in [4.78, 5) is 0. The third-order valence-corrected chi connectivity index (χ3v) is 4.46. The highest BCUT2D eigenvalue weighted by atomic mass is 35.5. The molecule has 0 aliphatic rings. The summed E-state index contributed by atoms with van der Waals surface area (Å²) in [5.74, 6) is 0.863. The molecule has 1 atom stereocenters. The Morgan fingerprint density at radius 2 is 1.86 bits per heavy atom. The summed E-state index contributed by atoms with van der Waals surface area (Å²) in [6, 6.07) is 16.2. The number of rotatable bonds is 6. The van der Waals surface area contributed by atoms with Crippen LogP contribution in [-0.4, -0.2) is 13.7 Å². The van der Waals surface area contributed by atoms with E-state index in [-0.39, 0.29) is 5.41 Å². The van der Waals surface area contributed by atoms with Gasteiger partial charge in [-0.25, -0.2) is 0 Å². The molecule has 0 spiro atoms. The van der Waals surface area contributed by atoms with E-state index >= 15 is 0 Å². The molecule has 0 bridgehead atoms. The number of benzene rings is 2. The zero-order chi connectivity index (χ0) is 15.3. The molecule has 0 fully saturated rings. The first-order valence-electron chi connectivity index (χ1n) is 7.23. The third-order valence-electron chi connectivity index (χ3n) is 4.22. The van der Waals surface area contributed by atoms with Crippen LogP contribution in [0.3, 0.4) is 0 Å². The van der Waals surface area contributed by atoms with Gasteiger partial charge in [-0.05, 0) is 42.2 Å². The van der Waals surface area contributed by atoms with Crippen LogP contribution >= 0.6 is 11.6 Å². The normalized spacial score (nSPS) is 13.7. The van der Waals surface area contributed by atoms with Crippen LogP contribution in [0.1, 0.15) is 24.5 Å². The molecule has 0 radical (unpaired) electrons. The Bertz CT molecular complexity index is 579. The first-order valence-corrected chi connectivity index (χ1v) is 7.61. The van der Waals surface area contributed by atoms with E-state index in [1.54, 1.807) is 7.11 Å². The molecule has 2 rings (SSSR count). The Morgan fingerprint density at radius 3 is 2.43 bits per heavy atom. The van der Waals surface area contributed by atoms with Crippen LogP contribution in [0.2, 0.25) is 5.02 Å². The van der Waals surface area contributed by atoms with Crippen molar-refractivity contribution < 1.29 is 4.74 Å². The van der Waals surface area contributed by atoms with Crippen molar-refractivity contribution in [1.82, 2.24) is 0 Å². The summed E-state index contributed by atoms with van der Waals surface area (Å²) in [6.45, 7) is 2.76. The largest absolute Gasteiger partial charge is 0.496 e. The Kier molecular flexibility index (Phi) is 5.27. The summed E-state index contributed by atoms with van der Waals surface area (Å²) in [6.07, 6.45) is 1.77. The zero-order valence-corrected chi connectivity index (χ0v) is 13.4. The summed E-state index contributed by atoms with van der Waals surface area (Å²) >= 11 is 6.15. The second-order valence-electron chi connectivity index (χ2n) is 5.34. The zero-order valence-electron chi connectivity index (χ0n) is 12.6. The highest BCUT2D eigenvalue weighted by molar-refractivity contribution is 6.30. The average molecular weight is 304 g/mol. The van der Waals surface area contributed by atoms with Gasteiger partial charge >= 0.3 is 0 Å². The lowest BCUT2D eigenvalue weighted by atomic mass is 9.73. The van der Waals surface area contributed by atoms with Crippen LogP contribution in [0.25, 0.3) is 0 Å². The van der Waals surface area contributed by atoms with E-state index in [9.17, 15) is 0 Å². The van der Waals surface area contributed by atoms with E-state index in [1.165, 1.54) is 5.56 Å². The van der Waals surface area contributed by atoms with Crippen LogP contribution < -0.4 is 10.5 Å². The van der Waals surface area contributed by atoms with Gasteiger partial charge in [-0.3, -0.25) is 0 Å². The minimum Gasteiger partial charge on any atom is -0.496 e. The Balaban J connectivity index is 2.44. The quantitative estimate of drug-likeness (QED) is 0.868. The van der Waals surface area contributed by atoms with E-state index < -0.39 is 0 Å². The lowest BCUT2D eigenvalue weighted by molar-refractivity contribution is 0.384. The number of hydrogen-bond acceptors (Lipinski definition) is 2. The molecule has 112 valence electrons. The van der Waals surface area contributed by atoms with E-state index in [0.717, 1.165) is 29.2 Å². The number of ether oxygens (including phenoxy) is 1. The van der Waals surface area contributed by atoms with Gasteiger partial charge in [-0.2, -0.15) is 0 Å². The molecule has 1 unspecified atom stereocenters. The van der Waals surface area contributed by atoms with Gasteiger partial charge in [-0.1, -0.05) is 48.9 Å². The van der Waals surface area contributed by atoms with Gasteiger partial charge < -0.3 is 10.5 Å². The summed E-state index contributed by atoms with van der Waals surface area (Å²) in [5, 5.41) is 0.723. The van der Waals surface area contributed by atoms with Gasteiger partial charge in [0, 0.05) is 17.0 Å². The number of methoxy groups -OCH3 is 1. The summed E-state index contributed by atoms with van der Waals surface area (Å²) in [7, 11) is 1.69. The van der Waals surface area contributed by atoms with E-state index in [0.29, 0.717) is 6.54 Å². The predicted octanol–water partition coefficient (Wildman–Crippen LogP) is 4.20. The lowest BCUT2D eigenvalue weighted by Crippen LogP contribution is -2.37. The maximum absolute atomic E-state index is 6.15. The summed E-state index contributed by atoms with van der Waals surface area (Å²) < 4.78 is 5.47. The summed E-state index contributed by atoms with van der Waals surface area (Å²) in [5.41, 5.74) is 8.42. The van der Waals surface area contributed by atoms with Crippen LogP contribution in [0.15, 0.2) is 48.5 Å². The first-order chi connectivity index (χ1) is 10.1.